The topological polar surface area (TPSA) is 51.6 Å². The second-order valence-electron chi connectivity index (χ2n) is 16.9. The van der Waals surface area contributed by atoms with Crippen molar-refractivity contribution >= 4 is 64.6 Å². The fourth-order valence-electron chi connectivity index (χ4n) is 9.70. The Morgan fingerprint density at radius 2 is 0.657 bits per heavy atom. The summed E-state index contributed by atoms with van der Waals surface area (Å²) in [6, 6.07) is 81.7. The fourth-order valence-corrected chi connectivity index (χ4v) is 11.1. The minimum absolute atomic E-state index is 0.638. The van der Waals surface area contributed by atoms with E-state index in [9.17, 15) is 0 Å². The molecule has 0 N–H and O–H groups in total. The van der Waals surface area contributed by atoms with Crippen LogP contribution >= 0.6 is 11.3 Å². The molecule has 0 radical (unpaired) electrons. The van der Waals surface area contributed by atoms with Gasteiger partial charge in [-0.1, -0.05) is 218 Å². The highest BCUT2D eigenvalue weighted by Gasteiger charge is 2.24. The van der Waals surface area contributed by atoms with Gasteiger partial charge in [-0.25, -0.2) is 19.9 Å². The van der Waals surface area contributed by atoms with Gasteiger partial charge in [-0.15, -0.1) is 11.3 Å². The average Bonchev–Trinajstić information content (AvgIpc) is 3.82. The number of pyridine rings is 1. The molecule has 3 heterocycles. The van der Waals surface area contributed by atoms with Crippen LogP contribution < -0.4 is 0 Å². The van der Waals surface area contributed by atoms with Gasteiger partial charge in [-0.3, -0.25) is 0 Å². The van der Waals surface area contributed by atoms with Gasteiger partial charge < -0.3 is 0 Å². The summed E-state index contributed by atoms with van der Waals surface area (Å²) < 4.78 is 1.24. The Labute approximate surface area is 391 Å². The summed E-state index contributed by atoms with van der Waals surface area (Å²) in [6.45, 7) is 0. The average molecular weight is 871 g/mol. The third kappa shape index (κ3) is 6.75. The van der Waals surface area contributed by atoms with Gasteiger partial charge in [-0.05, 0) is 66.7 Å². The van der Waals surface area contributed by atoms with E-state index in [-0.39, 0.29) is 0 Å². The van der Waals surface area contributed by atoms with E-state index in [1.165, 1.54) is 58.4 Å². The van der Waals surface area contributed by atoms with Crippen molar-refractivity contribution in [3.05, 3.63) is 231 Å². The number of benzene rings is 10. The Balaban J connectivity index is 0.958. The van der Waals surface area contributed by atoms with Crippen LogP contribution in [-0.4, -0.2) is 19.9 Å². The summed E-state index contributed by atoms with van der Waals surface area (Å²) in [7, 11) is 0. The lowest BCUT2D eigenvalue weighted by molar-refractivity contribution is 1.07. The highest BCUT2D eigenvalue weighted by Crippen LogP contribution is 2.51. The van der Waals surface area contributed by atoms with Gasteiger partial charge in [0.05, 0.1) is 11.2 Å². The summed E-state index contributed by atoms with van der Waals surface area (Å²) in [4.78, 5) is 21.5. The lowest BCUT2D eigenvalue weighted by Gasteiger charge is -2.14. The zero-order valence-corrected chi connectivity index (χ0v) is 37.0. The Morgan fingerprint density at radius 1 is 0.269 bits per heavy atom. The maximum absolute atomic E-state index is 5.44. The van der Waals surface area contributed by atoms with E-state index in [2.05, 4.69) is 170 Å². The molecule has 0 aliphatic carbocycles. The highest BCUT2D eigenvalue weighted by atomic mass is 32.1. The fraction of sp³-hybridized carbons (Fsp3) is 0. The summed E-state index contributed by atoms with van der Waals surface area (Å²) in [6.07, 6.45) is 0. The smallest absolute Gasteiger partial charge is 0.164 e. The van der Waals surface area contributed by atoms with Crippen molar-refractivity contribution in [3.63, 3.8) is 0 Å². The van der Waals surface area contributed by atoms with Crippen LogP contribution in [0.25, 0.3) is 131 Å². The minimum Gasteiger partial charge on any atom is -0.247 e. The van der Waals surface area contributed by atoms with Gasteiger partial charge in [0.25, 0.3) is 0 Å². The molecule has 0 aliphatic rings. The van der Waals surface area contributed by atoms with Gasteiger partial charge in [0.2, 0.25) is 0 Å². The summed E-state index contributed by atoms with van der Waals surface area (Å²) in [5.41, 5.74) is 11.7. The second-order valence-corrected chi connectivity index (χ2v) is 17.9. The molecule has 312 valence electrons. The van der Waals surface area contributed by atoms with E-state index in [1.54, 1.807) is 0 Å². The van der Waals surface area contributed by atoms with Crippen LogP contribution in [0.3, 0.4) is 0 Å². The van der Waals surface area contributed by atoms with Gasteiger partial charge >= 0.3 is 0 Å². The van der Waals surface area contributed by atoms with Gasteiger partial charge in [0, 0.05) is 48.2 Å². The van der Waals surface area contributed by atoms with Crippen molar-refractivity contribution in [2.45, 2.75) is 0 Å². The van der Waals surface area contributed by atoms with Crippen LogP contribution in [-0.2, 0) is 0 Å². The van der Waals surface area contributed by atoms with Gasteiger partial charge in [-0.2, -0.15) is 0 Å². The van der Waals surface area contributed by atoms with E-state index >= 15 is 0 Å². The third-order valence-electron chi connectivity index (χ3n) is 12.9. The molecule has 67 heavy (non-hydrogen) atoms. The SMILES string of the molecule is c1ccc(-c2nc(-c3ccccc3)nc(-c3ccc(-c4ccc(-c5sc6c(c(-c7ccccc7)nc7ccccc76)c5-c5ccc6c7ccccc7c7ccccc7c6c5)cc4)cc3)n2)cc1. The molecule has 0 saturated carbocycles. The Morgan fingerprint density at radius 3 is 1.19 bits per heavy atom. The molecule has 0 fully saturated rings. The molecule has 13 aromatic rings. The second kappa shape index (κ2) is 16.1. The summed E-state index contributed by atoms with van der Waals surface area (Å²) in [5, 5.41) is 9.90. The number of hydrogen-bond acceptors (Lipinski definition) is 5. The number of para-hydroxylation sites is 1. The zero-order chi connectivity index (χ0) is 44.3. The van der Waals surface area contributed by atoms with Crippen LogP contribution in [0.15, 0.2) is 231 Å². The molecule has 0 unspecified atom stereocenters. The predicted molar refractivity (Wildman–Crippen MR) is 281 cm³/mol. The van der Waals surface area contributed by atoms with E-state index in [0.717, 1.165) is 55.5 Å². The molecule has 0 atom stereocenters. The van der Waals surface area contributed by atoms with Crippen LogP contribution in [0, 0.1) is 0 Å². The Kier molecular flexibility index (Phi) is 9.32. The van der Waals surface area contributed by atoms with E-state index in [4.69, 9.17) is 19.9 Å². The quantitative estimate of drug-likeness (QED) is 0.150. The van der Waals surface area contributed by atoms with Crippen LogP contribution in [0.5, 0.6) is 0 Å². The first-order valence-electron chi connectivity index (χ1n) is 22.5. The number of thiophene rings is 1. The summed E-state index contributed by atoms with van der Waals surface area (Å²) in [5.74, 6) is 1.93. The molecule has 0 saturated heterocycles. The maximum Gasteiger partial charge on any atom is 0.164 e. The third-order valence-corrected chi connectivity index (χ3v) is 14.2. The van der Waals surface area contributed by atoms with Crippen LogP contribution in [0.2, 0.25) is 0 Å². The molecular weight excluding hydrogens is 833 g/mol. The summed E-state index contributed by atoms with van der Waals surface area (Å²) >= 11 is 1.86. The van der Waals surface area contributed by atoms with Gasteiger partial charge in [0.15, 0.2) is 17.5 Å². The van der Waals surface area contributed by atoms with E-state index in [1.807, 2.05) is 72.0 Å². The molecule has 3 aromatic heterocycles. The van der Waals surface area contributed by atoms with Crippen molar-refractivity contribution in [1.29, 1.82) is 0 Å². The van der Waals surface area contributed by atoms with Crippen LogP contribution in [0.1, 0.15) is 0 Å². The number of fused-ring (bicyclic) bond motifs is 9. The largest absolute Gasteiger partial charge is 0.247 e. The standard InChI is InChI=1S/C62H38N4S/c1-4-16-41(17-5-1)57-56-55(46-36-37-51-49-24-11-10-22-47(49)48-23-12-13-25-50(48)53(51)38-46)58(67-59(56)52-26-14-15-27-54(52)63-57)42-32-28-39(29-33-42)40-30-34-45(35-31-40)62-65-60(43-18-6-2-7-19-43)64-61(66-62)44-20-8-3-9-21-44/h1-38H. The molecule has 0 amide bonds. The van der Waals surface area contributed by atoms with Crippen molar-refractivity contribution in [3.8, 4) is 78.1 Å². The Hall–Kier alpha value is -8.64. The predicted octanol–water partition coefficient (Wildman–Crippen LogP) is 16.8. The minimum atomic E-state index is 0.638. The molecule has 0 bridgehead atoms. The maximum atomic E-state index is 5.44. The normalized spacial score (nSPS) is 11.6. The molecule has 4 nitrogen and oxygen atoms in total. The van der Waals surface area contributed by atoms with Crippen molar-refractivity contribution in [2.24, 2.45) is 0 Å². The molecule has 0 spiro atoms. The molecule has 13 rings (SSSR count). The van der Waals surface area contributed by atoms with E-state index in [0.29, 0.717) is 17.5 Å². The monoisotopic (exact) mass is 870 g/mol. The first-order chi connectivity index (χ1) is 33.2. The first kappa shape index (κ1) is 38.8. The lowest BCUT2D eigenvalue weighted by Crippen LogP contribution is -2.00. The van der Waals surface area contributed by atoms with Crippen molar-refractivity contribution in [2.75, 3.05) is 0 Å². The first-order valence-corrected chi connectivity index (χ1v) is 23.4. The number of aromatic nitrogens is 4. The van der Waals surface area contributed by atoms with Crippen LogP contribution in [0.4, 0.5) is 0 Å². The highest BCUT2D eigenvalue weighted by molar-refractivity contribution is 7.24. The zero-order valence-electron chi connectivity index (χ0n) is 36.1. The number of hydrogen-bond donors (Lipinski definition) is 0. The molecule has 10 aromatic carbocycles. The molecule has 5 heteroatoms. The van der Waals surface area contributed by atoms with Crippen molar-refractivity contribution in [1.82, 2.24) is 19.9 Å². The number of rotatable bonds is 7. The number of nitrogens with zero attached hydrogens (tertiary/aromatic N) is 4. The Bertz CT molecular complexity index is 3910. The molecule has 0 aliphatic heterocycles. The van der Waals surface area contributed by atoms with Crippen molar-refractivity contribution < 1.29 is 0 Å². The van der Waals surface area contributed by atoms with E-state index < -0.39 is 0 Å². The van der Waals surface area contributed by atoms with Gasteiger partial charge in [0.1, 0.15) is 0 Å². The lowest BCUT2D eigenvalue weighted by atomic mass is 9.90. The molecular formula is C62H38N4S.